The Hall–Kier alpha value is -1.50. The van der Waals surface area contributed by atoms with E-state index in [-0.39, 0.29) is 6.10 Å². The third kappa shape index (κ3) is 2.91. The van der Waals surface area contributed by atoms with E-state index in [1.807, 2.05) is 29.9 Å². The van der Waals surface area contributed by atoms with Crippen LogP contribution in [-0.4, -0.2) is 58.7 Å². The summed E-state index contributed by atoms with van der Waals surface area (Å²) in [5.74, 6) is 0.762. The predicted molar refractivity (Wildman–Crippen MR) is 71.9 cm³/mol. The zero-order chi connectivity index (χ0) is 13.1. The summed E-state index contributed by atoms with van der Waals surface area (Å²) in [4.78, 5) is 11.2. The minimum absolute atomic E-state index is 0.272. The SMILES string of the molecule is CNCC1CN(Cc2cn3cccnc3n2)CCO1. The highest BCUT2D eigenvalue weighted by Gasteiger charge is 2.20. The lowest BCUT2D eigenvalue weighted by atomic mass is 10.2. The van der Waals surface area contributed by atoms with Crippen LogP contribution in [0, 0.1) is 0 Å². The normalized spacial score (nSPS) is 21.0. The first-order chi connectivity index (χ1) is 9.35. The van der Waals surface area contributed by atoms with E-state index >= 15 is 0 Å². The van der Waals surface area contributed by atoms with Gasteiger partial charge in [-0.1, -0.05) is 0 Å². The van der Waals surface area contributed by atoms with Crippen LogP contribution >= 0.6 is 0 Å². The summed E-state index contributed by atoms with van der Waals surface area (Å²) in [6, 6.07) is 1.91. The number of morpholine rings is 1. The van der Waals surface area contributed by atoms with Crippen molar-refractivity contribution in [1.82, 2.24) is 24.6 Å². The number of ether oxygens (including phenoxy) is 1. The highest BCUT2D eigenvalue weighted by molar-refractivity contribution is 5.29. The Bertz CT molecular complexity index is 506. The lowest BCUT2D eigenvalue weighted by molar-refractivity contribution is -0.0294. The molecule has 2 aromatic rings. The number of likely N-dealkylation sites (N-methyl/N-ethyl adjacent to an activating group) is 1. The summed E-state index contributed by atoms with van der Waals surface area (Å²) in [6.07, 6.45) is 6.06. The third-order valence-electron chi connectivity index (χ3n) is 3.33. The van der Waals surface area contributed by atoms with Crippen LogP contribution in [0.25, 0.3) is 5.78 Å². The minimum Gasteiger partial charge on any atom is -0.374 e. The molecular formula is C13H19N5O. The highest BCUT2D eigenvalue weighted by Crippen LogP contribution is 2.10. The van der Waals surface area contributed by atoms with Crippen molar-refractivity contribution in [2.45, 2.75) is 12.6 Å². The monoisotopic (exact) mass is 261 g/mol. The molecule has 1 aliphatic heterocycles. The number of hydrogen-bond donors (Lipinski definition) is 1. The summed E-state index contributed by atoms with van der Waals surface area (Å²) in [5, 5.41) is 3.16. The molecule has 0 aliphatic carbocycles. The van der Waals surface area contributed by atoms with Crippen LogP contribution in [0.3, 0.4) is 0 Å². The van der Waals surface area contributed by atoms with Crippen LogP contribution in [0.1, 0.15) is 5.69 Å². The smallest absolute Gasteiger partial charge is 0.233 e. The molecule has 0 radical (unpaired) electrons. The average Bonchev–Trinajstić information content (AvgIpc) is 2.81. The molecular weight excluding hydrogens is 242 g/mol. The van der Waals surface area contributed by atoms with Gasteiger partial charge in [0.1, 0.15) is 0 Å². The van der Waals surface area contributed by atoms with E-state index < -0.39 is 0 Å². The summed E-state index contributed by atoms with van der Waals surface area (Å²) in [7, 11) is 1.95. The van der Waals surface area contributed by atoms with Gasteiger partial charge >= 0.3 is 0 Å². The Morgan fingerprint density at radius 2 is 2.47 bits per heavy atom. The second-order valence-electron chi connectivity index (χ2n) is 4.84. The molecule has 1 N–H and O–H groups in total. The van der Waals surface area contributed by atoms with Gasteiger partial charge in [0, 0.05) is 44.8 Å². The standard InChI is InChI=1S/C13H19N5O/c1-14-7-12-10-17(5-6-19-12)8-11-9-18-4-2-3-15-13(18)16-11/h2-4,9,12,14H,5-8,10H2,1H3. The van der Waals surface area contributed by atoms with Crippen molar-refractivity contribution in [3.8, 4) is 0 Å². The van der Waals surface area contributed by atoms with Gasteiger partial charge in [0.2, 0.25) is 5.78 Å². The second kappa shape index (κ2) is 5.64. The first kappa shape index (κ1) is 12.5. The van der Waals surface area contributed by atoms with E-state index in [9.17, 15) is 0 Å². The number of nitrogens with one attached hydrogen (secondary N) is 1. The zero-order valence-corrected chi connectivity index (χ0v) is 11.1. The summed E-state index contributed by atoms with van der Waals surface area (Å²) >= 11 is 0. The van der Waals surface area contributed by atoms with E-state index in [0.717, 1.165) is 44.3 Å². The van der Waals surface area contributed by atoms with E-state index in [4.69, 9.17) is 4.74 Å². The van der Waals surface area contributed by atoms with Gasteiger partial charge in [-0.2, -0.15) is 0 Å². The van der Waals surface area contributed by atoms with E-state index in [0.29, 0.717) is 0 Å². The fraction of sp³-hybridized carbons (Fsp3) is 0.538. The molecule has 2 aromatic heterocycles. The minimum atomic E-state index is 0.272. The molecule has 3 rings (SSSR count). The molecule has 6 heteroatoms. The molecule has 1 unspecified atom stereocenters. The zero-order valence-electron chi connectivity index (χ0n) is 11.1. The lowest BCUT2D eigenvalue weighted by Gasteiger charge is -2.32. The van der Waals surface area contributed by atoms with Crippen LogP contribution in [0.4, 0.5) is 0 Å². The fourth-order valence-electron chi connectivity index (χ4n) is 2.46. The summed E-state index contributed by atoms with van der Waals surface area (Å²) in [6.45, 7) is 4.44. The first-order valence-corrected chi connectivity index (χ1v) is 6.62. The number of fused-ring (bicyclic) bond motifs is 1. The fourth-order valence-corrected chi connectivity index (χ4v) is 2.46. The van der Waals surface area contributed by atoms with Gasteiger partial charge < -0.3 is 10.1 Å². The van der Waals surface area contributed by atoms with Crippen molar-refractivity contribution >= 4 is 5.78 Å². The van der Waals surface area contributed by atoms with Gasteiger partial charge in [0.05, 0.1) is 18.4 Å². The van der Waals surface area contributed by atoms with E-state index in [1.165, 1.54) is 0 Å². The van der Waals surface area contributed by atoms with E-state index in [2.05, 4.69) is 20.2 Å². The van der Waals surface area contributed by atoms with Crippen molar-refractivity contribution in [1.29, 1.82) is 0 Å². The van der Waals surface area contributed by atoms with Crippen molar-refractivity contribution < 1.29 is 4.74 Å². The number of imidazole rings is 1. The van der Waals surface area contributed by atoms with Gasteiger partial charge in [0.25, 0.3) is 0 Å². The molecule has 0 aromatic carbocycles. The average molecular weight is 261 g/mol. The quantitative estimate of drug-likeness (QED) is 0.849. The molecule has 19 heavy (non-hydrogen) atoms. The van der Waals surface area contributed by atoms with Crippen molar-refractivity contribution in [3.05, 3.63) is 30.4 Å². The molecule has 0 amide bonds. The third-order valence-corrected chi connectivity index (χ3v) is 3.33. The maximum atomic E-state index is 5.70. The highest BCUT2D eigenvalue weighted by atomic mass is 16.5. The Morgan fingerprint density at radius 1 is 1.53 bits per heavy atom. The number of rotatable bonds is 4. The van der Waals surface area contributed by atoms with Crippen LogP contribution in [0.5, 0.6) is 0 Å². The van der Waals surface area contributed by atoms with Crippen molar-refractivity contribution in [3.63, 3.8) is 0 Å². The Morgan fingerprint density at radius 3 is 3.32 bits per heavy atom. The molecule has 3 heterocycles. The van der Waals surface area contributed by atoms with Crippen LogP contribution in [0.2, 0.25) is 0 Å². The second-order valence-corrected chi connectivity index (χ2v) is 4.84. The van der Waals surface area contributed by atoms with Crippen molar-refractivity contribution in [2.24, 2.45) is 0 Å². The Kier molecular flexibility index (Phi) is 3.72. The lowest BCUT2D eigenvalue weighted by Crippen LogP contribution is -2.45. The largest absolute Gasteiger partial charge is 0.374 e. The molecule has 1 saturated heterocycles. The summed E-state index contributed by atoms with van der Waals surface area (Å²) in [5.41, 5.74) is 1.06. The van der Waals surface area contributed by atoms with Crippen LogP contribution in [-0.2, 0) is 11.3 Å². The van der Waals surface area contributed by atoms with Crippen LogP contribution < -0.4 is 5.32 Å². The maximum absolute atomic E-state index is 5.70. The first-order valence-electron chi connectivity index (χ1n) is 6.62. The van der Waals surface area contributed by atoms with Gasteiger partial charge in [-0.05, 0) is 13.1 Å². The molecule has 1 fully saturated rings. The Balaban J connectivity index is 1.67. The van der Waals surface area contributed by atoms with Gasteiger partial charge in [-0.15, -0.1) is 0 Å². The molecule has 0 spiro atoms. The molecule has 0 bridgehead atoms. The van der Waals surface area contributed by atoms with Gasteiger partial charge in [0.15, 0.2) is 0 Å². The predicted octanol–water partition coefficient (Wildman–Crippen LogP) is 0.149. The number of nitrogens with zero attached hydrogens (tertiary/aromatic N) is 4. The van der Waals surface area contributed by atoms with Gasteiger partial charge in [-0.25, -0.2) is 9.97 Å². The molecule has 1 aliphatic rings. The molecule has 1 atom stereocenters. The molecule has 0 saturated carbocycles. The van der Waals surface area contributed by atoms with E-state index in [1.54, 1.807) is 6.20 Å². The maximum Gasteiger partial charge on any atom is 0.233 e. The number of aromatic nitrogens is 3. The van der Waals surface area contributed by atoms with Gasteiger partial charge in [-0.3, -0.25) is 9.30 Å². The number of hydrogen-bond acceptors (Lipinski definition) is 5. The molecule has 6 nitrogen and oxygen atoms in total. The summed E-state index contributed by atoms with van der Waals surface area (Å²) < 4.78 is 7.66. The topological polar surface area (TPSA) is 54.7 Å². The Labute approximate surface area is 112 Å². The molecule has 102 valence electrons. The van der Waals surface area contributed by atoms with Crippen molar-refractivity contribution in [2.75, 3.05) is 33.3 Å². The van der Waals surface area contributed by atoms with Crippen LogP contribution in [0.15, 0.2) is 24.7 Å².